The van der Waals surface area contributed by atoms with Crippen LogP contribution in [0.2, 0.25) is 0 Å². The zero-order valence-corrected chi connectivity index (χ0v) is 16.2. The largest absolute Gasteiger partial charge is 0.495 e. The maximum atomic E-state index is 12.4. The molecule has 0 spiro atoms. The van der Waals surface area contributed by atoms with Crippen molar-refractivity contribution in [2.24, 2.45) is 0 Å². The van der Waals surface area contributed by atoms with Crippen molar-refractivity contribution in [2.75, 3.05) is 18.2 Å². The lowest BCUT2D eigenvalue weighted by molar-refractivity contribution is -0.113. The van der Waals surface area contributed by atoms with Gasteiger partial charge in [0.1, 0.15) is 16.8 Å². The monoisotopic (exact) mass is 377 g/mol. The van der Waals surface area contributed by atoms with Gasteiger partial charge in [0.05, 0.1) is 29.6 Å². The number of amides is 1. The molecule has 0 aliphatic heterocycles. The molecule has 0 radical (unpaired) electrons. The fourth-order valence-corrected chi connectivity index (χ4v) is 3.52. The lowest BCUT2D eigenvalue weighted by Crippen LogP contribution is -2.15. The lowest BCUT2D eigenvalue weighted by atomic mass is 10.1. The topological polar surface area (TPSA) is 75.0 Å². The number of hydrogen-bond donors (Lipinski definition) is 1. The summed E-state index contributed by atoms with van der Waals surface area (Å²) in [6, 6.07) is 15.4. The van der Waals surface area contributed by atoms with Gasteiger partial charge >= 0.3 is 0 Å². The number of nitrogens with one attached hydrogen (secondary N) is 1. The molecule has 3 aromatic rings. The smallest absolute Gasteiger partial charge is 0.234 e. The summed E-state index contributed by atoms with van der Waals surface area (Å²) in [5.74, 6) is 0.575. The molecular formula is C21H19N3O2S. The number of carbonyl (C=O) groups is 1. The minimum atomic E-state index is -0.181. The number of aryl methyl sites for hydroxylation is 2. The van der Waals surface area contributed by atoms with E-state index < -0.39 is 0 Å². The number of pyridine rings is 1. The second kappa shape index (κ2) is 8.11. The maximum Gasteiger partial charge on any atom is 0.234 e. The maximum absolute atomic E-state index is 12.4. The Morgan fingerprint density at radius 3 is 2.81 bits per heavy atom. The Bertz CT molecular complexity index is 1060. The van der Waals surface area contributed by atoms with Gasteiger partial charge in [-0.05, 0) is 43.2 Å². The van der Waals surface area contributed by atoms with Crippen molar-refractivity contribution < 1.29 is 9.53 Å². The molecule has 0 saturated heterocycles. The van der Waals surface area contributed by atoms with E-state index >= 15 is 0 Å². The number of carbonyl (C=O) groups excluding carboxylic acids is 1. The first-order valence-electron chi connectivity index (χ1n) is 8.39. The van der Waals surface area contributed by atoms with Crippen LogP contribution < -0.4 is 10.1 Å². The number of hydrogen-bond acceptors (Lipinski definition) is 5. The first kappa shape index (κ1) is 18.7. The Morgan fingerprint density at radius 1 is 1.26 bits per heavy atom. The number of para-hydroxylation sites is 1. The van der Waals surface area contributed by atoms with E-state index in [0.717, 1.165) is 22.0 Å². The number of benzene rings is 2. The highest BCUT2D eigenvalue weighted by molar-refractivity contribution is 8.00. The Morgan fingerprint density at radius 2 is 2.07 bits per heavy atom. The molecule has 1 amide bonds. The van der Waals surface area contributed by atoms with Gasteiger partial charge in [0, 0.05) is 5.39 Å². The van der Waals surface area contributed by atoms with Gasteiger partial charge in [0.25, 0.3) is 0 Å². The molecule has 0 aliphatic carbocycles. The summed E-state index contributed by atoms with van der Waals surface area (Å²) in [6.45, 7) is 3.93. The molecule has 136 valence electrons. The van der Waals surface area contributed by atoms with Gasteiger partial charge in [-0.15, -0.1) is 0 Å². The summed E-state index contributed by atoms with van der Waals surface area (Å²) < 4.78 is 5.28. The third kappa shape index (κ3) is 4.21. The number of rotatable bonds is 5. The van der Waals surface area contributed by atoms with Gasteiger partial charge in [-0.1, -0.05) is 36.0 Å². The average molecular weight is 377 g/mol. The van der Waals surface area contributed by atoms with E-state index in [1.807, 2.05) is 56.3 Å². The van der Waals surface area contributed by atoms with E-state index in [4.69, 9.17) is 4.74 Å². The zero-order valence-electron chi connectivity index (χ0n) is 15.4. The molecule has 2 aromatic carbocycles. The van der Waals surface area contributed by atoms with E-state index in [-0.39, 0.29) is 11.7 Å². The number of aromatic nitrogens is 1. The molecule has 5 nitrogen and oxygen atoms in total. The van der Waals surface area contributed by atoms with Crippen LogP contribution in [-0.2, 0) is 4.79 Å². The number of fused-ring (bicyclic) bond motifs is 1. The van der Waals surface area contributed by atoms with Crippen LogP contribution in [-0.4, -0.2) is 23.8 Å². The summed E-state index contributed by atoms with van der Waals surface area (Å²) in [4.78, 5) is 17.0. The summed E-state index contributed by atoms with van der Waals surface area (Å²) in [7, 11) is 1.57. The fourth-order valence-electron chi connectivity index (χ4n) is 2.76. The van der Waals surface area contributed by atoms with Crippen LogP contribution in [0.4, 0.5) is 5.69 Å². The van der Waals surface area contributed by atoms with Crippen molar-refractivity contribution in [1.29, 1.82) is 5.26 Å². The van der Waals surface area contributed by atoms with Crippen LogP contribution in [0.3, 0.4) is 0 Å². The molecular weight excluding hydrogens is 358 g/mol. The van der Waals surface area contributed by atoms with Crippen LogP contribution in [0.15, 0.2) is 47.5 Å². The van der Waals surface area contributed by atoms with Gasteiger partial charge in [0.2, 0.25) is 5.91 Å². The van der Waals surface area contributed by atoms with E-state index in [2.05, 4.69) is 16.4 Å². The fraction of sp³-hybridized carbons (Fsp3) is 0.190. The summed E-state index contributed by atoms with van der Waals surface area (Å²) in [5, 5.41) is 13.8. The van der Waals surface area contributed by atoms with Crippen molar-refractivity contribution in [3.05, 3.63) is 59.2 Å². The quantitative estimate of drug-likeness (QED) is 0.664. The van der Waals surface area contributed by atoms with Crippen molar-refractivity contribution in [2.45, 2.75) is 18.9 Å². The van der Waals surface area contributed by atoms with Gasteiger partial charge in [0.15, 0.2) is 0 Å². The second-order valence-corrected chi connectivity index (χ2v) is 7.10. The third-order valence-corrected chi connectivity index (χ3v) is 5.09. The number of thioether (sulfide) groups is 1. The molecule has 6 heteroatoms. The van der Waals surface area contributed by atoms with E-state index in [1.165, 1.54) is 11.8 Å². The molecule has 0 fully saturated rings. The molecule has 0 aliphatic rings. The summed E-state index contributed by atoms with van der Waals surface area (Å²) in [6.07, 6.45) is 0. The zero-order chi connectivity index (χ0) is 19.4. The Hall–Kier alpha value is -3.04. The number of nitriles is 1. The van der Waals surface area contributed by atoms with Gasteiger partial charge in [-0.2, -0.15) is 5.26 Å². The van der Waals surface area contributed by atoms with Crippen LogP contribution in [0.25, 0.3) is 10.9 Å². The highest BCUT2D eigenvalue weighted by atomic mass is 32.2. The SMILES string of the molecule is COc1ccc(C)cc1NC(=O)CSc1nc2c(C)cccc2cc1C#N. The highest BCUT2D eigenvalue weighted by Crippen LogP contribution is 2.28. The first-order chi connectivity index (χ1) is 13.0. The van der Waals surface area contributed by atoms with Crippen molar-refractivity contribution in [3.63, 3.8) is 0 Å². The molecule has 1 aromatic heterocycles. The van der Waals surface area contributed by atoms with Crippen LogP contribution in [0.5, 0.6) is 5.75 Å². The van der Waals surface area contributed by atoms with E-state index in [9.17, 15) is 10.1 Å². The summed E-state index contributed by atoms with van der Waals surface area (Å²) in [5.41, 5.74) is 4.01. The second-order valence-electron chi connectivity index (χ2n) is 6.14. The summed E-state index contributed by atoms with van der Waals surface area (Å²) >= 11 is 1.25. The van der Waals surface area contributed by atoms with E-state index in [0.29, 0.717) is 22.0 Å². The van der Waals surface area contributed by atoms with Crippen molar-refractivity contribution in [3.8, 4) is 11.8 Å². The van der Waals surface area contributed by atoms with Crippen LogP contribution in [0, 0.1) is 25.2 Å². The molecule has 1 heterocycles. The van der Waals surface area contributed by atoms with Gasteiger partial charge < -0.3 is 10.1 Å². The number of ether oxygens (including phenoxy) is 1. The predicted octanol–water partition coefficient (Wildman–Crippen LogP) is 4.46. The number of anilines is 1. The molecule has 0 unspecified atom stereocenters. The highest BCUT2D eigenvalue weighted by Gasteiger charge is 2.13. The normalized spacial score (nSPS) is 10.4. The average Bonchev–Trinajstić information content (AvgIpc) is 2.66. The van der Waals surface area contributed by atoms with Gasteiger partial charge in [-0.25, -0.2) is 4.98 Å². The Labute approximate surface area is 162 Å². The molecule has 27 heavy (non-hydrogen) atoms. The third-order valence-electron chi connectivity index (χ3n) is 4.10. The number of methoxy groups -OCH3 is 1. The number of nitrogens with zero attached hydrogens (tertiary/aromatic N) is 2. The molecule has 0 bridgehead atoms. The molecule has 1 N–H and O–H groups in total. The van der Waals surface area contributed by atoms with Crippen LogP contribution >= 0.6 is 11.8 Å². The van der Waals surface area contributed by atoms with Gasteiger partial charge in [-0.3, -0.25) is 4.79 Å². The lowest BCUT2D eigenvalue weighted by Gasteiger charge is -2.11. The Kier molecular flexibility index (Phi) is 5.63. The standard InChI is InChI=1S/C21H19N3O2S/c1-13-7-8-18(26-3)17(9-13)23-19(25)12-27-21-16(11-22)10-15-6-4-5-14(2)20(15)24-21/h4-10H,12H2,1-3H3,(H,23,25). The minimum absolute atomic E-state index is 0.149. The molecule has 0 atom stereocenters. The molecule has 3 rings (SSSR count). The predicted molar refractivity (Wildman–Crippen MR) is 108 cm³/mol. The van der Waals surface area contributed by atoms with Crippen molar-refractivity contribution in [1.82, 2.24) is 4.98 Å². The minimum Gasteiger partial charge on any atom is -0.495 e. The van der Waals surface area contributed by atoms with Crippen LogP contribution in [0.1, 0.15) is 16.7 Å². The van der Waals surface area contributed by atoms with E-state index in [1.54, 1.807) is 7.11 Å². The Balaban J connectivity index is 1.78. The van der Waals surface area contributed by atoms with Crippen molar-refractivity contribution >= 4 is 34.3 Å². The molecule has 0 saturated carbocycles. The first-order valence-corrected chi connectivity index (χ1v) is 9.38.